The monoisotopic (exact) mass is 389 g/mol. The molecule has 27 heavy (non-hydrogen) atoms. The van der Waals surface area contributed by atoms with Crippen LogP contribution in [0.2, 0.25) is 0 Å². The maximum Gasteiger partial charge on any atom is 0.410 e. The molecule has 4 rings (SSSR count). The van der Waals surface area contributed by atoms with Gasteiger partial charge in [-0.1, -0.05) is 0 Å². The molecular formula is C18H19N3O5S. The predicted molar refractivity (Wildman–Crippen MR) is 97.5 cm³/mol. The fourth-order valence-electron chi connectivity index (χ4n) is 3.67. The van der Waals surface area contributed by atoms with Crippen molar-refractivity contribution in [2.24, 2.45) is 0 Å². The highest BCUT2D eigenvalue weighted by atomic mass is 32.1. The zero-order valence-corrected chi connectivity index (χ0v) is 15.6. The second kappa shape index (κ2) is 7.15. The SMILES string of the molecule is COC(=O)C1COC(=O)N1C1CCN(C(=O)c2ccc3ncsc3c2)CC1. The molecule has 1 atom stereocenters. The summed E-state index contributed by atoms with van der Waals surface area (Å²) in [6.07, 6.45) is 0.694. The van der Waals surface area contributed by atoms with Crippen LogP contribution in [0.25, 0.3) is 10.2 Å². The van der Waals surface area contributed by atoms with Crippen molar-refractivity contribution in [1.82, 2.24) is 14.8 Å². The van der Waals surface area contributed by atoms with Gasteiger partial charge < -0.3 is 14.4 Å². The minimum atomic E-state index is -0.705. The number of hydrogen-bond acceptors (Lipinski definition) is 7. The molecule has 0 saturated carbocycles. The molecule has 8 nitrogen and oxygen atoms in total. The number of ether oxygens (including phenoxy) is 2. The number of thiazole rings is 1. The Labute approximate surface area is 159 Å². The van der Waals surface area contributed by atoms with Crippen LogP contribution in [0.1, 0.15) is 23.2 Å². The second-order valence-electron chi connectivity index (χ2n) is 6.58. The van der Waals surface area contributed by atoms with E-state index in [0.29, 0.717) is 31.5 Å². The number of likely N-dealkylation sites (tertiary alicyclic amines) is 1. The van der Waals surface area contributed by atoms with Crippen molar-refractivity contribution in [1.29, 1.82) is 0 Å². The van der Waals surface area contributed by atoms with Crippen molar-refractivity contribution in [3.63, 3.8) is 0 Å². The van der Waals surface area contributed by atoms with E-state index >= 15 is 0 Å². The Morgan fingerprint density at radius 3 is 2.81 bits per heavy atom. The van der Waals surface area contributed by atoms with Crippen LogP contribution in [0.3, 0.4) is 0 Å². The molecule has 0 bridgehead atoms. The number of rotatable bonds is 3. The molecule has 9 heteroatoms. The highest BCUT2D eigenvalue weighted by Gasteiger charge is 2.44. The van der Waals surface area contributed by atoms with E-state index in [1.165, 1.54) is 23.3 Å². The number of carbonyl (C=O) groups is 3. The van der Waals surface area contributed by atoms with Crippen molar-refractivity contribution in [3.05, 3.63) is 29.3 Å². The fraction of sp³-hybridized carbons (Fsp3) is 0.444. The summed E-state index contributed by atoms with van der Waals surface area (Å²) in [5.74, 6) is -0.505. The van der Waals surface area contributed by atoms with Gasteiger partial charge in [0.2, 0.25) is 0 Å². The number of methoxy groups -OCH3 is 1. The Bertz CT molecular complexity index is 890. The smallest absolute Gasteiger partial charge is 0.410 e. The number of benzene rings is 1. The third-order valence-electron chi connectivity index (χ3n) is 5.11. The lowest BCUT2D eigenvalue weighted by atomic mass is 10.0. The molecule has 0 N–H and O–H groups in total. The number of hydrogen-bond donors (Lipinski definition) is 0. The number of carbonyl (C=O) groups excluding carboxylic acids is 3. The van der Waals surface area contributed by atoms with Gasteiger partial charge in [-0.15, -0.1) is 11.3 Å². The Morgan fingerprint density at radius 2 is 2.07 bits per heavy atom. The van der Waals surface area contributed by atoms with E-state index in [-0.39, 0.29) is 18.6 Å². The molecule has 2 fully saturated rings. The summed E-state index contributed by atoms with van der Waals surface area (Å²) in [6, 6.07) is 4.67. The average Bonchev–Trinajstić information content (AvgIpc) is 3.32. The molecule has 142 valence electrons. The number of amides is 2. The first kappa shape index (κ1) is 17.7. The van der Waals surface area contributed by atoms with E-state index in [1.54, 1.807) is 16.5 Å². The normalized spacial score (nSPS) is 20.8. The van der Waals surface area contributed by atoms with Gasteiger partial charge >= 0.3 is 12.1 Å². The van der Waals surface area contributed by atoms with Gasteiger partial charge in [-0.3, -0.25) is 9.69 Å². The number of aromatic nitrogens is 1. The molecule has 2 saturated heterocycles. The van der Waals surface area contributed by atoms with Gasteiger partial charge in [0.1, 0.15) is 6.61 Å². The molecule has 2 amide bonds. The molecule has 2 aliphatic heterocycles. The van der Waals surface area contributed by atoms with Crippen LogP contribution in [-0.2, 0) is 14.3 Å². The van der Waals surface area contributed by atoms with Crippen LogP contribution in [0, 0.1) is 0 Å². The van der Waals surface area contributed by atoms with E-state index in [1.807, 2.05) is 12.1 Å². The third-order valence-corrected chi connectivity index (χ3v) is 5.90. The zero-order chi connectivity index (χ0) is 19.0. The van der Waals surface area contributed by atoms with Crippen LogP contribution in [0.5, 0.6) is 0 Å². The molecular weight excluding hydrogens is 370 g/mol. The summed E-state index contributed by atoms with van der Waals surface area (Å²) in [5, 5.41) is 0. The molecule has 2 aliphatic rings. The van der Waals surface area contributed by atoms with Gasteiger partial charge in [0, 0.05) is 24.7 Å². The van der Waals surface area contributed by atoms with E-state index in [4.69, 9.17) is 9.47 Å². The Kier molecular flexibility index (Phi) is 4.69. The lowest BCUT2D eigenvalue weighted by molar-refractivity contribution is -0.145. The molecule has 3 heterocycles. The van der Waals surface area contributed by atoms with Gasteiger partial charge in [-0.05, 0) is 31.0 Å². The lowest BCUT2D eigenvalue weighted by Gasteiger charge is -2.37. The van der Waals surface area contributed by atoms with Crippen LogP contribution in [-0.4, -0.2) is 71.6 Å². The number of cyclic esters (lactones) is 1. The fourth-order valence-corrected chi connectivity index (χ4v) is 4.39. The van der Waals surface area contributed by atoms with Crippen LogP contribution in [0.4, 0.5) is 4.79 Å². The van der Waals surface area contributed by atoms with Gasteiger partial charge in [0.25, 0.3) is 5.91 Å². The minimum absolute atomic E-state index is 0.0134. The maximum absolute atomic E-state index is 12.8. The van der Waals surface area contributed by atoms with E-state index in [0.717, 1.165) is 10.2 Å². The van der Waals surface area contributed by atoms with Crippen molar-refractivity contribution < 1.29 is 23.9 Å². The molecule has 1 aromatic carbocycles. The lowest BCUT2D eigenvalue weighted by Crippen LogP contribution is -2.51. The number of fused-ring (bicyclic) bond motifs is 1. The Balaban J connectivity index is 1.43. The zero-order valence-electron chi connectivity index (χ0n) is 14.8. The summed E-state index contributed by atoms with van der Waals surface area (Å²) < 4.78 is 10.8. The topological polar surface area (TPSA) is 89.0 Å². The quantitative estimate of drug-likeness (QED) is 0.745. The number of esters is 1. The van der Waals surface area contributed by atoms with Crippen molar-refractivity contribution in [3.8, 4) is 0 Å². The van der Waals surface area contributed by atoms with Gasteiger partial charge in [-0.2, -0.15) is 0 Å². The van der Waals surface area contributed by atoms with Crippen LogP contribution in [0.15, 0.2) is 23.7 Å². The minimum Gasteiger partial charge on any atom is -0.467 e. The van der Waals surface area contributed by atoms with E-state index in [9.17, 15) is 14.4 Å². The molecule has 0 aliphatic carbocycles. The summed E-state index contributed by atoms with van der Waals surface area (Å²) in [5.41, 5.74) is 3.28. The summed E-state index contributed by atoms with van der Waals surface area (Å²) in [4.78, 5) is 44.2. The average molecular weight is 389 g/mol. The Hall–Kier alpha value is -2.68. The molecule has 1 aromatic heterocycles. The number of piperidine rings is 1. The first-order valence-electron chi connectivity index (χ1n) is 8.74. The van der Waals surface area contributed by atoms with Gasteiger partial charge in [0.15, 0.2) is 6.04 Å². The number of nitrogens with zero attached hydrogens (tertiary/aromatic N) is 3. The first-order valence-corrected chi connectivity index (χ1v) is 9.62. The standard InChI is InChI=1S/C18H19N3O5S/c1-25-17(23)14-9-26-18(24)21(14)12-4-6-20(7-5-12)16(22)11-2-3-13-15(8-11)27-10-19-13/h2-3,8,10,12,14H,4-7,9H2,1H3. The highest BCUT2D eigenvalue weighted by molar-refractivity contribution is 7.16. The molecule has 2 aromatic rings. The van der Waals surface area contributed by atoms with Crippen molar-refractivity contribution >= 4 is 39.5 Å². The van der Waals surface area contributed by atoms with Gasteiger partial charge in [-0.25, -0.2) is 14.6 Å². The van der Waals surface area contributed by atoms with Crippen molar-refractivity contribution in [2.75, 3.05) is 26.8 Å². The summed E-state index contributed by atoms with van der Waals surface area (Å²) in [6.45, 7) is 1.04. The maximum atomic E-state index is 12.8. The molecule has 1 unspecified atom stereocenters. The van der Waals surface area contributed by atoms with Crippen LogP contribution < -0.4 is 0 Å². The van der Waals surface area contributed by atoms with Gasteiger partial charge in [0.05, 0.1) is 22.8 Å². The largest absolute Gasteiger partial charge is 0.467 e. The predicted octanol–water partition coefficient (Wildman–Crippen LogP) is 1.89. The molecule has 0 spiro atoms. The van der Waals surface area contributed by atoms with E-state index in [2.05, 4.69) is 4.98 Å². The highest BCUT2D eigenvalue weighted by Crippen LogP contribution is 2.26. The van der Waals surface area contributed by atoms with Crippen LogP contribution >= 0.6 is 11.3 Å². The second-order valence-corrected chi connectivity index (χ2v) is 7.47. The van der Waals surface area contributed by atoms with Crippen molar-refractivity contribution in [2.45, 2.75) is 24.9 Å². The summed E-state index contributed by atoms with van der Waals surface area (Å²) in [7, 11) is 1.30. The first-order chi connectivity index (χ1) is 13.1. The third kappa shape index (κ3) is 3.23. The van der Waals surface area contributed by atoms with E-state index < -0.39 is 18.1 Å². The Morgan fingerprint density at radius 1 is 1.30 bits per heavy atom. The summed E-state index contributed by atoms with van der Waals surface area (Å²) >= 11 is 1.50. The molecule has 0 radical (unpaired) electrons.